The van der Waals surface area contributed by atoms with Crippen molar-refractivity contribution in [3.8, 4) is 0 Å². The average molecular weight is 329 g/mol. The van der Waals surface area contributed by atoms with Crippen LogP contribution in [0.25, 0.3) is 0 Å². The van der Waals surface area contributed by atoms with Crippen molar-refractivity contribution < 1.29 is 9.59 Å². The first-order valence-electron chi connectivity index (χ1n) is 8.86. The van der Waals surface area contributed by atoms with Crippen LogP contribution in [0.5, 0.6) is 0 Å². The summed E-state index contributed by atoms with van der Waals surface area (Å²) in [7, 11) is 0. The molecule has 2 N–H and O–H groups in total. The zero-order valence-electron chi connectivity index (χ0n) is 13.8. The Morgan fingerprint density at radius 1 is 1.25 bits per heavy atom. The van der Waals surface area contributed by atoms with E-state index in [-0.39, 0.29) is 17.9 Å². The van der Waals surface area contributed by atoms with Crippen molar-refractivity contribution in [3.05, 3.63) is 17.3 Å². The molecule has 128 valence electrons. The Hall–Kier alpha value is -2.18. The Kier molecular flexibility index (Phi) is 4.08. The van der Waals surface area contributed by atoms with Gasteiger partial charge in [0, 0.05) is 32.0 Å². The van der Waals surface area contributed by atoms with Crippen LogP contribution in [0.15, 0.2) is 6.07 Å². The fraction of sp³-hybridized carbons (Fsp3) is 0.647. The van der Waals surface area contributed by atoms with Gasteiger partial charge in [-0.1, -0.05) is 0 Å². The van der Waals surface area contributed by atoms with Crippen LogP contribution in [0.2, 0.25) is 0 Å². The lowest BCUT2D eigenvalue weighted by Gasteiger charge is -2.40. The van der Waals surface area contributed by atoms with Crippen molar-refractivity contribution in [1.82, 2.24) is 20.8 Å². The maximum atomic E-state index is 12.0. The number of nitrogens with zero attached hydrogens (tertiary/aromatic N) is 3. The first-order chi connectivity index (χ1) is 11.7. The van der Waals surface area contributed by atoms with Gasteiger partial charge >= 0.3 is 0 Å². The van der Waals surface area contributed by atoms with Crippen LogP contribution in [0, 0.1) is 5.92 Å². The lowest BCUT2D eigenvalue weighted by Crippen LogP contribution is -2.53. The van der Waals surface area contributed by atoms with Gasteiger partial charge in [0.1, 0.15) is 6.04 Å². The molecular weight excluding hydrogens is 306 g/mol. The second-order valence-corrected chi connectivity index (χ2v) is 7.06. The number of carbonyl (C=O) groups is 2. The van der Waals surface area contributed by atoms with Crippen LogP contribution >= 0.6 is 0 Å². The second-order valence-electron chi connectivity index (χ2n) is 7.06. The van der Waals surface area contributed by atoms with Gasteiger partial charge in [-0.05, 0) is 43.7 Å². The van der Waals surface area contributed by atoms with Gasteiger partial charge in [0.15, 0.2) is 5.82 Å². The quantitative estimate of drug-likeness (QED) is 0.823. The van der Waals surface area contributed by atoms with Crippen LogP contribution in [0.1, 0.15) is 36.9 Å². The third kappa shape index (κ3) is 3.07. The van der Waals surface area contributed by atoms with Crippen molar-refractivity contribution in [2.24, 2.45) is 5.92 Å². The summed E-state index contributed by atoms with van der Waals surface area (Å²) >= 11 is 0. The van der Waals surface area contributed by atoms with Gasteiger partial charge in [-0.15, -0.1) is 5.10 Å². The standard InChI is InChI=1S/C17H23N5O2/c23-16-6-5-14(19-16)17(24)18-8-11-9-22(10-11)15-7-12-3-1-2-4-13(12)20-21-15/h7,11,14H,1-6,8-10H2,(H,18,24)(H,19,23). The number of aromatic nitrogens is 2. The third-order valence-corrected chi connectivity index (χ3v) is 5.21. The molecule has 0 bridgehead atoms. The number of rotatable bonds is 4. The maximum absolute atomic E-state index is 12.0. The van der Waals surface area contributed by atoms with Gasteiger partial charge in [0.05, 0.1) is 5.69 Å². The number of anilines is 1. The van der Waals surface area contributed by atoms with Gasteiger partial charge in [-0.3, -0.25) is 9.59 Å². The van der Waals surface area contributed by atoms with Gasteiger partial charge in [-0.25, -0.2) is 0 Å². The van der Waals surface area contributed by atoms with Crippen LogP contribution in [0.4, 0.5) is 5.82 Å². The Bertz CT molecular complexity index is 656. The summed E-state index contributed by atoms with van der Waals surface area (Å²) in [4.78, 5) is 25.4. The molecule has 7 heteroatoms. The van der Waals surface area contributed by atoms with Crippen molar-refractivity contribution in [2.75, 3.05) is 24.5 Å². The van der Waals surface area contributed by atoms with Crippen molar-refractivity contribution in [3.63, 3.8) is 0 Å². The van der Waals surface area contributed by atoms with Gasteiger partial charge in [0.2, 0.25) is 11.8 Å². The van der Waals surface area contributed by atoms with E-state index in [2.05, 4.69) is 31.8 Å². The summed E-state index contributed by atoms with van der Waals surface area (Å²) < 4.78 is 0. The molecule has 3 heterocycles. The monoisotopic (exact) mass is 329 g/mol. The van der Waals surface area contributed by atoms with E-state index in [1.807, 2.05) is 0 Å². The summed E-state index contributed by atoms with van der Waals surface area (Å²) in [6.07, 6.45) is 5.67. The molecule has 0 radical (unpaired) electrons. The number of amides is 2. The molecule has 3 aliphatic rings. The zero-order chi connectivity index (χ0) is 16.5. The molecule has 1 aromatic rings. The third-order valence-electron chi connectivity index (χ3n) is 5.21. The Labute approximate surface area is 141 Å². The predicted molar refractivity (Wildman–Crippen MR) is 88.6 cm³/mol. The van der Waals surface area contributed by atoms with E-state index in [0.717, 1.165) is 37.4 Å². The minimum Gasteiger partial charge on any atom is -0.354 e. The predicted octanol–water partition coefficient (Wildman–Crippen LogP) is 0.186. The highest BCUT2D eigenvalue weighted by molar-refractivity contribution is 5.90. The van der Waals surface area contributed by atoms with E-state index in [0.29, 0.717) is 25.3 Å². The number of hydrogen-bond donors (Lipinski definition) is 2. The topological polar surface area (TPSA) is 87.2 Å². The van der Waals surface area contributed by atoms with E-state index in [1.165, 1.54) is 18.4 Å². The van der Waals surface area contributed by atoms with E-state index in [4.69, 9.17) is 0 Å². The summed E-state index contributed by atoms with van der Waals surface area (Å²) in [5.41, 5.74) is 2.51. The minimum atomic E-state index is -0.347. The van der Waals surface area contributed by atoms with Crippen molar-refractivity contribution >= 4 is 17.6 Å². The Morgan fingerprint density at radius 2 is 2.08 bits per heavy atom. The van der Waals surface area contributed by atoms with Crippen molar-refractivity contribution in [1.29, 1.82) is 0 Å². The Balaban J connectivity index is 1.25. The molecule has 2 amide bonds. The minimum absolute atomic E-state index is 0.0315. The molecule has 4 rings (SSSR count). The molecule has 2 aliphatic heterocycles. The van der Waals surface area contributed by atoms with Crippen LogP contribution < -0.4 is 15.5 Å². The molecule has 24 heavy (non-hydrogen) atoms. The normalized spacial score (nSPS) is 23.4. The second kappa shape index (κ2) is 6.37. The smallest absolute Gasteiger partial charge is 0.242 e. The number of aryl methyl sites for hydroxylation is 2. The number of hydrogen-bond acceptors (Lipinski definition) is 5. The van der Waals surface area contributed by atoms with E-state index in [9.17, 15) is 9.59 Å². The van der Waals surface area contributed by atoms with Crippen LogP contribution in [-0.2, 0) is 22.4 Å². The first-order valence-corrected chi connectivity index (χ1v) is 8.86. The SMILES string of the molecule is O=C1CCC(C(=O)NCC2CN(c3cc4c(nn3)CCCC4)C2)N1. The summed E-state index contributed by atoms with van der Waals surface area (Å²) in [6.45, 7) is 2.44. The van der Waals surface area contributed by atoms with E-state index < -0.39 is 0 Å². The van der Waals surface area contributed by atoms with E-state index in [1.54, 1.807) is 0 Å². The van der Waals surface area contributed by atoms with Gasteiger partial charge in [0.25, 0.3) is 0 Å². The summed E-state index contributed by atoms with van der Waals surface area (Å²) in [5.74, 6) is 1.30. The molecule has 2 saturated heterocycles. The average Bonchev–Trinajstić information content (AvgIpc) is 2.99. The lowest BCUT2D eigenvalue weighted by atomic mass is 9.95. The molecule has 2 fully saturated rings. The zero-order valence-corrected chi connectivity index (χ0v) is 13.8. The molecule has 0 aromatic carbocycles. The molecule has 0 saturated carbocycles. The van der Waals surface area contributed by atoms with Crippen LogP contribution in [0.3, 0.4) is 0 Å². The highest BCUT2D eigenvalue weighted by Crippen LogP contribution is 2.26. The highest BCUT2D eigenvalue weighted by atomic mass is 16.2. The fourth-order valence-corrected chi connectivity index (χ4v) is 3.70. The molecule has 1 unspecified atom stereocenters. The van der Waals surface area contributed by atoms with Crippen LogP contribution in [-0.4, -0.2) is 47.7 Å². The largest absolute Gasteiger partial charge is 0.354 e. The Morgan fingerprint density at radius 3 is 2.88 bits per heavy atom. The summed E-state index contributed by atoms with van der Waals surface area (Å²) in [5, 5.41) is 14.4. The molecule has 7 nitrogen and oxygen atoms in total. The van der Waals surface area contributed by atoms with Gasteiger partial charge < -0.3 is 15.5 Å². The van der Waals surface area contributed by atoms with Gasteiger partial charge in [-0.2, -0.15) is 5.10 Å². The number of nitrogens with one attached hydrogen (secondary N) is 2. The van der Waals surface area contributed by atoms with Crippen molar-refractivity contribution in [2.45, 2.75) is 44.6 Å². The highest BCUT2D eigenvalue weighted by Gasteiger charge is 2.31. The maximum Gasteiger partial charge on any atom is 0.242 e. The summed E-state index contributed by atoms with van der Waals surface area (Å²) in [6, 6.07) is 1.84. The molecular formula is C17H23N5O2. The number of carbonyl (C=O) groups excluding carboxylic acids is 2. The lowest BCUT2D eigenvalue weighted by molar-refractivity contribution is -0.125. The number of fused-ring (bicyclic) bond motifs is 1. The first kappa shape index (κ1) is 15.4. The molecule has 1 aromatic heterocycles. The molecule has 0 spiro atoms. The van der Waals surface area contributed by atoms with E-state index >= 15 is 0 Å². The molecule has 1 atom stereocenters. The molecule has 1 aliphatic carbocycles. The fourth-order valence-electron chi connectivity index (χ4n) is 3.70.